The van der Waals surface area contributed by atoms with Gasteiger partial charge in [0.2, 0.25) is 18.6 Å². The predicted molar refractivity (Wildman–Crippen MR) is 118 cm³/mol. The third-order valence-corrected chi connectivity index (χ3v) is 5.59. The minimum atomic E-state index is -0.869. The Morgan fingerprint density at radius 1 is 1.27 bits per heavy atom. The van der Waals surface area contributed by atoms with Crippen LogP contribution < -0.4 is 11.1 Å². The summed E-state index contributed by atoms with van der Waals surface area (Å²) in [6.45, 7) is 5.91. The average Bonchev–Trinajstić information content (AvgIpc) is 3.06. The Balaban J connectivity index is 1.87. The second-order valence-corrected chi connectivity index (χ2v) is 9.21. The Morgan fingerprint density at radius 2 is 1.97 bits per heavy atom. The fraction of sp³-hybridized carbons (Fsp3) is 0.478. The first-order valence-electron chi connectivity index (χ1n) is 10.6. The van der Waals surface area contributed by atoms with Crippen LogP contribution in [0.3, 0.4) is 0 Å². The first-order valence-corrected chi connectivity index (χ1v) is 10.6. The van der Waals surface area contributed by atoms with E-state index in [-0.39, 0.29) is 24.2 Å². The van der Waals surface area contributed by atoms with E-state index >= 15 is 0 Å². The van der Waals surface area contributed by atoms with Crippen LogP contribution >= 0.6 is 0 Å². The maximum absolute atomic E-state index is 13.0. The summed E-state index contributed by atoms with van der Waals surface area (Å²) in [6.07, 6.45) is -0.529. The molecule has 1 fully saturated rings. The van der Waals surface area contributed by atoms with Crippen LogP contribution in [0.2, 0.25) is 0 Å². The number of nitrogens with one attached hydrogen (secondary N) is 1. The van der Waals surface area contributed by atoms with Gasteiger partial charge in [0.1, 0.15) is 5.70 Å². The van der Waals surface area contributed by atoms with Crippen molar-refractivity contribution in [3.8, 4) is 0 Å². The van der Waals surface area contributed by atoms with Gasteiger partial charge < -0.3 is 30.5 Å². The highest BCUT2D eigenvalue weighted by Crippen LogP contribution is 2.47. The van der Waals surface area contributed by atoms with Gasteiger partial charge in [0.25, 0.3) is 0 Å². The topological polar surface area (TPSA) is 148 Å². The monoisotopic (exact) mass is 459 g/mol. The molecule has 33 heavy (non-hydrogen) atoms. The molecule has 178 valence electrons. The number of amides is 2. The number of benzene rings is 1. The molecule has 2 heterocycles. The number of nitrogens with two attached hydrogens (primary N) is 1. The van der Waals surface area contributed by atoms with E-state index in [1.165, 1.54) is 11.8 Å². The molecule has 4 N–H and O–H groups in total. The highest BCUT2D eigenvalue weighted by molar-refractivity contribution is 6.07. The zero-order valence-electron chi connectivity index (χ0n) is 19.1. The van der Waals surface area contributed by atoms with Crippen molar-refractivity contribution in [2.45, 2.75) is 46.3 Å². The number of esters is 2. The number of fused-ring (bicyclic) bond motifs is 1. The fourth-order valence-electron chi connectivity index (χ4n) is 3.94. The highest BCUT2D eigenvalue weighted by atomic mass is 16.7. The van der Waals surface area contributed by atoms with Gasteiger partial charge in [-0.3, -0.25) is 14.4 Å². The van der Waals surface area contributed by atoms with E-state index in [0.29, 0.717) is 23.2 Å². The summed E-state index contributed by atoms with van der Waals surface area (Å²) in [5.74, 6) is -2.85. The largest absolute Gasteiger partial charge is 0.427 e. The van der Waals surface area contributed by atoms with Gasteiger partial charge in [-0.2, -0.15) is 0 Å². The lowest BCUT2D eigenvalue weighted by molar-refractivity contribution is -0.175. The Bertz CT molecular complexity index is 1010. The molecule has 2 amide bonds. The molecule has 0 radical (unpaired) electrons. The van der Waals surface area contributed by atoms with Crippen LogP contribution in [0.25, 0.3) is 5.57 Å². The zero-order valence-corrected chi connectivity index (χ0v) is 19.1. The minimum Gasteiger partial charge on any atom is -0.427 e. The van der Waals surface area contributed by atoms with Crippen molar-refractivity contribution in [1.82, 2.24) is 4.90 Å². The summed E-state index contributed by atoms with van der Waals surface area (Å²) in [6, 6.07) is 6.60. The van der Waals surface area contributed by atoms with Crippen molar-refractivity contribution in [1.29, 1.82) is 0 Å². The SMILES string of the molecule is C[C@@H](O)[C@H]1C(=O)N2C(C(=O)OCOC(=O)C(C)(C)C)=C(c3cccc(NCC(N)=O)c3)C[C@H]12. The number of nitrogens with zero attached hydrogens (tertiary/aromatic N) is 1. The van der Waals surface area contributed by atoms with Crippen molar-refractivity contribution in [2.24, 2.45) is 17.1 Å². The molecule has 1 aromatic rings. The minimum absolute atomic E-state index is 0.0563. The first-order chi connectivity index (χ1) is 15.4. The van der Waals surface area contributed by atoms with Crippen molar-refractivity contribution < 1.29 is 33.8 Å². The number of β-lactam (4-membered cyclic amide) rings is 1. The van der Waals surface area contributed by atoms with Gasteiger partial charge in [-0.25, -0.2) is 4.79 Å². The molecule has 0 spiro atoms. The summed E-state index contributed by atoms with van der Waals surface area (Å²) in [4.78, 5) is 50.0. The number of carbonyl (C=O) groups excluding carboxylic acids is 4. The molecule has 3 rings (SSSR count). The maximum Gasteiger partial charge on any atom is 0.358 e. The van der Waals surface area contributed by atoms with Gasteiger partial charge in [-0.15, -0.1) is 0 Å². The zero-order chi connectivity index (χ0) is 24.5. The summed E-state index contributed by atoms with van der Waals surface area (Å²) in [5.41, 5.74) is 6.30. The highest BCUT2D eigenvalue weighted by Gasteiger charge is 2.57. The quantitative estimate of drug-likeness (QED) is 0.296. The van der Waals surface area contributed by atoms with Gasteiger partial charge >= 0.3 is 11.9 Å². The molecule has 1 aromatic carbocycles. The van der Waals surface area contributed by atoms with Gasteiger partial charge in [0.05, 0.1) is 30.0 Å². The molecule has 0 unspecified atom stereocenters. The number of aliphatic hydroxyl groups is 1. The summed E-state index contributed by atoms with van der Waals surface area (Å²) in [7, 11) is 0. The average molecular weight is 459 g/mol. The molecule has 3 atom stereocenters. The van der Waals surface area contributed by atoms with Crippen LogP contribution in [0.1, 0.15) is 39.7 Å². The van der Waals surface area contributed by atoms with Crippen LogP contribution in [-0.2, 0) is 28.7 Å². The lowest BCUT2D eigenvalue weighted by Crippen LogP contribution is -2.61. The van der Waals surface area contributed by atoms with E-state index in [1.807, 2.05) is 0 Å². The molecule has 0 aliphatic carbocycles. The maximum atomic E-state index is 13.0. The standard InChI is InChI=1S/C23H29N3O7/c1-12(27)18-16-9-15(13-6-5-7-14(8-13)25-10-17(24)28)19(26(16)20(18)29)21(30)32-11-33-22(31)23(2,3)4/h5-8,12,16,18,25,27H,9-11H2,1-4H3,(H2,24,28)/t12-,16-,18-/m1/s1. The van der Waals surface area contributed by atoms with E-state index in [1.54, 1.807) is 45.0 Å². The predicted octanol–water partition coefficient (Wildman–Crippen LogP) is 0.996. The molecule has 1 saturated heterocycles. The number of aliphatic hydroxyl groups excluding tert-OH is 1. The number of hydrogen-bond donors (Lipinski definition) is 3. The molecule has 0 bridgehead atoms. The first kappa shape index (κ1) is 24.2. The second kappa shape index (κ2) is 9.22. The van der Waals surface area contributed by atoms with Crippen LogP contribution in [0, 0.1) is 11.3 Å². The summed E-state index contributed by atoms with van der Waals surface area (Å²) in [5, 5.41) is 12.9. The number of hydrogen-bond acceptors (Lipinski definition) is 8. The van der Waals surface area contributed by atoms with Crippen LogP contribution in [0.4, 0.5) is 5.69 Å². The molecule has 0 aromatic heterocycles. The van der Waals surface area contributed by atoms with Gasteiger partial charge in [0.15, 0.2) is 0 Å². The Kier molecular flexibility index (Phi) is 6.78. The van der Waals surface area contributed by atoms with Crippen LogP contribution in [-0.4, -0.2) is 59.2 Å². The van der Waals surface area contributed by atoms with Gasteiger partial charge in [-0.05, 0) is 57.4 Å². The van der Waals surface area contributed by atoms with Crippen LogP contribution in [0.5, 0.6) is 0 Å². The van der Waals surface area contributed by atoms with E-state index in [0.717, 1.165) is 0 Å². The van der Waals surface area contributed by atoms with E-state index < -0.39 is 42.1 Å². The molecule has 10 heteroatoms. The number of primary amides is 1. The van der Waals surface area contributed by atoms with Crippen molar-refractivity contribution >= 4 is 35.0 Å². The smallest absolute Gasteiger partial charge is 0.358 e. The van der Waals surface area contributed by atoms with Crippen molar-refractivity contribution in [3.05, 3.63) is 35.5 Å². The lowest BCUT2D eigenvalue weighted by atomic mass is 9.82. The van der Waals surface area contributed by atoms with E-state index in [2.05, 4.69) is 5.32 Å². The third-order valence-electron chi connectivity index (χ3n) is 5.59. The lowest BCUT2D eigenvalue weighted by Gasteiger charge is -2.44. The van der Waals surface area contributed by atoms with Crippen LogP contribution in [0.15, 0.2) is 30.0 Å². The van der Waals surface area contributed by atoms with E-state index in [4.69, 9.17) is 15.2 Å². The van der Waals surface area contributed by atoms with Gasteiger partial charge in [0, 0.05) is 5.69 Å². The van der Waals surface area contributed by atoms with Crippen molar-refractivity contribution in [3.63, 3.8) is 0 Å². The number of anilines is 1. The molecular weight excluding hydrogens is 430 g/mol. The summed E-state index contributed by atoms with van der Waals surface area (Å²) >= 11 is 0. The number of carbonyl (C=O) groups is 4. The van der Waals surface area contributed by atoms with Crippen molar-refractivity contribution in [2.75, 3.05) is 18.7 Å². The fourth-order valence-corrected chi connectivity index (χ4v) is 3.94. The molecule has 2 aliphatic rings. The normalized spacial score (nSPS) is 20.6. The molecule has 2 aliphatic heterocycles. The van der Waals surface area contributed by atoms with E-state index in [9.17, 15) is 24.3 Å². The second-order valence-electron chi connectivity index (χ2n) is 9.21. The number of ether oxygens (including phenoxy) is 2. The molecule has 10 nitrogen and oxygen atoms in total. The van der Waals surface area contributed by atoms with Gasteiger partial charge in [-0.1, -0.05) is 12.1 Å². The Morgan fingerprint density at radius 3 is 2.58 bits per heavy atom. The number of rotatable bonds is 8. The summed E-state index contributed by atoms with van der Waals surface area (Å²) < 4.78 is 10.2. The Hall–Kier alpha value is -3.40. The third kappa shape index (κ3) is 5.00. The molecular formula is C23H29N3O7. The molecule has 0 saturated carbocycles. The Labute approximate surface area is 191 Å².